The van der Waals surface area contributed by atoms with E-state index in [4.69, 9.17) is 11.6 Å². The first-order valence-corrected chi connectivity index (χ1v) is 9.13. The number of hydrogen-bond donors (Lipinski definition) is 1. The Hall–Kier alpha value is -1.07. The molecule has 3 rings (SSSR count). The number of hydrogen-bond acceptors (Lipinski definition) is 3. The Balaban J connectivity index is 1.71. The highest BCUT2D eigenvalue weighted by Crippen LogP contribution is 2.48. The molecule has 0 saturated heterocycles. The maximum atomic E-state index is 12.2. The third-order valence-corrected chi connectivity index (χ3v) is 6.22. The SMILES string of the molecule is C/C(=N\NS(=O)(=O)c1ccc(Cl)cc1)C1CC2CCC1C2. The predicted molar refractivity (Wildman–Crippen MR) is 83.8 cm³/mol. The Bertz CT molecular complexity index is 655. The van der Waals surface area contributed by atoms with Crippen LogP contribution < -0.4 is 4.83 Å². The van der Waals surface area contributed by atoms with E-state index in [9.17, 15) is 8.42 Å². The van der Waals surface area contributed by atoms with Crippen LogP contribution in [0.2, 0.25) is 5.02 Å². The van der Waals surface area contributed by atoms with Crippen LogP contribution in [0.1, 0.15) is 32.6 Å². The second-order valence-electron chi connectivity index (χ2n) is 6.08. The van der Waals surface area contributed by atoms with Gasteiger partial charge in [0.2, 0.25) is 0 Å². The van der Waals surface area contributed by atoms with Crippen molar-refractivity contribution in [3.8, 4) is 0 Å². The molecule has 114 valence electrons. The fourth-order valence-electron chi connectivity index (χ4n) is 3.64. The van der Waals surface area contributed by atoms with Crippen LogP contribution in [0.15, 0.2) is 34.3 Å². The molecule has 2 aliphatic carbocycles. The van der Waals surface area contributed by atoms with Gasteiger partial charge in [-0.1, -0.05) is 18.0 Å². The van der Waals surface area contributed by atoms with Crippen LogP contribution >= 0.6 is 11.6 Å². The first-order valence-electron chi connectivity index (χ1n) is 7.27. The molecule has 2 fully saturated rings. The Labute approximate surface area is 130 Å². The van der Waals surface area contributed by atoms with Crippen molar-refractivity contribution in [2.45, 2.75) is 37.5 Å². The lowest BCUT2D eigenvalue weighted by molar-refractivity contribution is 0.413. The third-order valence-electron chi connectivity index (χ3n) is 4.74. The predicted octanol–water partition coefficient (Wildman–Crippen LogP) is 3.43. The van der Waals surface area contributed by atoms with Crippen LogP contribution in [-0.4, -0.2) is 14.1 Å². The summed E-state index contributed by atoms with van der Waals surface area (Å²) < 4.78 is 24.3. The molecule has 0 radical (unpaired) electrons. The number of rotatable bonds is 4. The van der Waals surface area contributed by atoms with Gasteiger partial charge >= 0.3 is 0 Å². The molecule has 1 N–H and O–H groups in total. The molecule has 0 aliphatic heterocycles. The molecule has 3 unspecified atom stereocenters. The van der Waals surface area contributed by atoms with Crippen LogP contribution in [0.25, 0.3) is 0 Å². The minimum Gasteiger partial charge on any atom is -0.200 e. The van der Waals surface area contributed by atoms with Gasteiger partial charge in [0.05, 0.1) is 4.90 Å². The molecule has 3 atom stereocenters. The standard InChI is InChI=1S/C15H19ClN2O2S/c1-10(15-9-11-2-3-12(15)8-11)17-18-21(19,20)14-6-4-13(16)5-7-14/h4-7,11-12,15,18H,2-3,8-9H2,1H3/b17-10+. The lowest BCUT2D eigenvalue weighted by atomic mass is 9.86. The fraction of sp³-hybridized carbons (Fsp3) is 0.533. The lowest BCUT2D eigenvalue weighted by Gasteiger charge is -2.21. The average molecular weight is 327 g/mol. The first-order chi connectivity index (χ1) is 9.95. The van der Waals surface area contributed by atoms with Gasteiger partial charge in [-0.3, -0.25) is 0 Å². The highest BCUT2D eigenvalue weighted by molar-refractivity contribution is 7.89. The summed E-state index contributed by atoms with van der Waals surface area (Å²) in [4.78, 5) is 2.53. The lowest BCUT2D eigenvalue weighted by Crippen LogP contribution is -2.24. The maximum Gasteiger partial charge on any atom is 0.276 e. The van der Waals surface area contributed by atoms with Crippen molar-refractivity contribution in [3.63, 3.8) is 0 Å². The zero-order chi connectivity index (χ0) is 15.0. The molecule has 0 amide bonds. The zero-order valence-electron chi connectivity index (χ0n) is 11.9. The van der Waals surface area contributed by atoms with E-state index in [0.717, 1.165) is 18.1 Å². The summed E-state index contributed by atoms with van der Waals surface area (Å²) in [5.41, 5.74) is 0.903. The van der Waals surface area contributed by atoms with E-state index in [1.54, 1.807) is 12.1 Å². The zero-order valence-corrected chi connectivity index (χ0v) is 13.5. The van der Waals surface area contributed by atoms with Gasteiger partial charge in [0.15, 0.2) is 0 Å². The van der Waals surface area contributed by atoms with Crippen molar-refractivity contribution in [1.82, 2.24) is 4.83 Å². The molecule has 0 spiro atoms. The van der Waals surface area contributed by atoms with E-state index in [1.165, 1.54) is 31.4 Å². The molecular formula is C15H19ClN2O2S. The summed E-state index contributed by atoms with van der Waals surface area (Å²) in [6, 6.07) is 6.07. The maximum absolute atomic E-state index is 12.2. The van der Waals surface area contributed by atoms with Gasteiger partial charge in [-0.05, 0) is 62.3 Å². The number of halogens is 1. The van der Waals surface area contributed by atoms with E-state index in [-0.39, 0.29) is 4.90 Å². The molecule has 0 aromatic heterocycles. The highest BCUT2D eigenvalue weighted by atomic mass is 35.5. The second kappa shape index (κ2) is 5.61. The van der Waals surface area contributed by atoms with Gasteiger partial charge in [-0.25, -0.2) is 4.83 Å². The van der Waals surface area contributed by atoms with Crippen molar-refractivity contribution in [3.05, 3.63) is 29.3 Å². The first kappa shape index (κ1) is 14.9. The van der Waals surface area contributed by atoms with Gasteiger partial charge in [-0.15, -0.1) is 0 Å². The average Bonchev–Trinajstić information content (AvgIpc) is 3.08. The topological polar surface area (TPSA) is 58.5 Å². The van der Waals surface area contributed by atoms with Crippen LogP contribution in [0.3, 0.4) is 0 Å². The van der Waals surface area contributed by atoms with Gasteiger partial charge in [0.25, 0.3) is 10.0 Å². The molecule has 1 aromatic rings. The van der Waals surface area contributed by atoms with Crippen molar-refractivity contribution in [1.29, 1.82) is 0 Å². The fourth-order valence-corrected chi connectivity index (χ4v) is 4.63. The van der Waals surface area contributed by atoms with E-state index < -0.39 is 10.0 Å². The van der Waals surface area contributed by atoms with Crippen LogP contribution in [0.5, 0.6) is 0 Å². The van der Waals surface area contributed by atoms with E-state index >= 15 is 0 Å². The number of fused-ring (bicyclic) bond motifs is 2. The smallest absolute Gasteiger partial charge is 0.200 e. The highest BCUT2D eigenvalue weighted by Gasteiger charge is 2.40. The Morgan fingerprint density at radius 3 is 2.52 bits per heavy atom. The third kappa shape index (κ3) is 3.09. The monoisotopic (exact) mass is 326 g/mol. The summed E-state index contributed by atoms with van der Waals surface area (Å²) >= 11 is 5.77. The molecule has 21 heavy (non-hydrogen) atoms. The van der Waals surface area contributed by atoms with Crippen molar-refractivity contribution < 1.29 is 8.42 Å². The molecule has 2 saturated carbocycles. The van der Waals surface area contributed by atoms with Gasteiger partial charge in [0, 0.05) is 16.7 Å². The van der Waals surface area contributed by atoms with E-state index in [1.807, 2.05) is 6.92 Å². The summed E-state index contributed by atoms with van der Waals surface area (Å²) in [6.07, 6.45) is 5.02. The number of hydrazone groups is 1. The normalized spacial score (nSPS) is 28.9. The molecular weight excluding hydrogens is 308 g/mol. The Kier molecular flexibility index (Phi) is 3.97. The van der Waals surface area contributed by atoms with Crippen LogP contribution in [0.4, 0.5) is 0 Å². The van der Waals surface area contributed by atoms with E-state index in [2.05, 4.69) is 9.93 Å². The molecule has 0 heterocycles. The van der Waals surface area contributed by atoms with Crippen molar-refractivity contribution in [2.24, 2.45) is 22.9 Å². The van der Waals surface area contributed by atoms with Crippen LogP contribution in [0, 0.1) is 17.8 Å². The summed E-state index contributed by atoms with van der Waals surface area (Å²) in [7, 11) is -3.61. The molecule has 2 aliphatic rings. The second-order valence-corrected chi connectivity index (χ2v) is 8.18. The van der Waals surface area contributed by atoms with E-state index in [0.29, 0.717) is 16.9 Å². The van der Waals surface area contributed by atoms with Gasteiger partial charge in [0.1, 0.15) is 0 Å². The number of sulfonamides is 1. The van der Waals surface area contributed by atoms with Crippen LogP contribution in [-0.2, 0) is 10.0 Å². The molecule has 1 aromatic carbocycles. The Morgan fingerprint density at radius 2 is 1.95 bits per heavy atom. The number of benzene rings is 1. The molecule has 4 nitrogen and oxygen atoms in total. The minimum atomic E-state index is -3.61. The molecule has 6 heteroatoms. The number of nitrogens with zero attached hydrogens (tertiary/aromatic N) is 1. The minimum absolute atomic E-state index is 0.177. The number of nitrogens with one attached hydrogen (secondary N) is 1. The largest absolute Gasteiger partial charge is 0.276 e. The van der Waals surface area contributed by atoms with Gasteiger partial charge < -0.3 is 0 Å². The molecule has 2 bridgehead atoms. The Morgan fingerprint density at radius 1 is 1.24 bits per heavy atom. The van der Waals surface area contributed by atoms with Gasteiger partial charge in [-0.2, -0.15) is 13.5 Å². The quantitative estimate of drug-likeness (QED) is 0.680. The summed E-state index contributed by atoms with van der Waals surface area (Å²) in [6.45, 7) is 1.93. The summed E-state index contributed by atoms with van der Waals surface area (Å²) in [5.74, 6) is 1.95. The van der Waals surface area contributed by atoms with Crippen molar-refractivity contribution >= 4 is 27.3 Å². The van der Waals surface area contributed by atoms with Crippen molar-refractivity contribution in [2.75, 3.05) is 0 Å². The summed E-state index contributed by atoms with van der Waals surface area (Å²) in [5, 5.41) is 4.65.